The van der Waals surface area contributed by atoms with Crippen molar-refractivity contribution in [2.45, 2.75) is 56.3 Å². The van der Waals surface area contributed by atoms with Gasteiger partial charge >= 0.3 is 0 Å². The van der Waals surface area contributed by atoms with Gasteiger partial charge in [-0.2, -0.15) is 0 Å². The summed E-state index contributed by atoms with van der Waals surface area (Å²) in [5.74, 6) is 0. The highest BCUT2D eigenvalue weighted by molar-refractivity contribution is 6.42. The molecular formula is C16H19Cl2NO. The minimum Gasteiger partial charge on any atom is -0.367 e. The average Bonchev–Trinajstić information content (AvgIpc) is 3.12. The summed E-state index contributed by atoms with van der Waals surface area (Å²) in [6.07, 6.45) is 4.92. The molecule has 0 spiro atoms. The summed E-state index contributed by atoms with van der Waals surface area (Å²) < 4.78 is 6.29. The third kappa shape index (κ3) is 1.78. The first-order valence-electron chi connectivity index (χ1n) is 7.52. The van der Waals surface area contributed by atoms with Gasteiger partial charge in [0.25, 0.3) is 0 Å². The molecule has 0 aromatic heterocycles. The second-order valence-corrected chi connectivity index (χ2v) is 7.10. The fraction of sp³-hybridized carbons (Fsp3) is 0.625. The van der Waals surface area contributed by atoms with Crippen molar-refractivity contribution in [2.24, 2.45) is 0 Å². The number of halogens is 2. The lowest BCUT2D eigenvalue weighted by molar-refractivity contribution is -0.0948. The molecule has 2 saturated heterocycles. The molecule has 1 saturated carbocycles. The Morgan fingerprint density at radius 2 is 2.05 bits per heavy atom. The first kappa shape index (κ1) is 13.4. The topological polar surface area (TPSA) is 12.5 Å². The summed E-state index contributed by atoms with van der Waals surface area (Å²) in [6, 6.07) is 7.85. The number of likely N-dealkylation sites (tertiary alicyclic amines) is 1. The van der Waals surface area contributed by atoms with Gasteiger partial charge in [-0.15, -0.1) is 0 Å². The number of fused-ring (bicyclic) bond motifs is 2. The number of morpholine rings is 1. The summed E-state index contributed by atoms with van der Waals surface area (Å²) in [6.45, 7) is 3.12. The molecule has 2 heterocycles. The molecule has 20 heavy (non-hydrogen) atoms. The molecule has 4 rings (SSSR count). The van der Waals surface area contributed by atoms with Crippen LogP contribution in [0.5, 0.6) is 0 Å². The van der Waals surface area contributed by atoms with E-state index in [0.717, 1.165) is 25.5 Å². The van der Waals surface area contributed by atoms with E-state index < -0.39 is 0 Å². The summed E-state index contributed by atoms with van der Waals surface area (Å²) in [5.41, 5.74) is 1.03. The SMILES string of the molecule is CCC1N(C2CC2)C2COC1(c1ccc(Cl)c(Cl)c1)C2. The van der Waals surface area contributed by atoms with E-state index in [1.165, 1.54) is 18.4 Å². The Morgan fingerprint density at radius 1 is 1.25 bits per heavy atom. The monoisotopic (exact) mass is 311 g/mol. The summed E-state index contributed by atoms with van der Waals surface area (Å²) in [5, 5.41) is 1.25. The van der Waals surface area contributed by atoms with Crippen molar-refractivity contribution in [3.63, 3.8) is 0 Å². The van der Waals surface area contributed by atoms with E-state index in [1.807, 2.05) is 12.1 Å². The number of rotatable bonds is 3. The van der Waals surface area contributed by atoms with E-state index in [0.29, 0.717) is 22.1 Å². The van der Waals surface area contributed by atoms with Crippen LogP contribution in [0.3, 0.4) is 0 Å². The summed E-state index contributed by atoms with van der Waals surface area (Å²) in [7, 11) is 0. The third-order valence-corrected chi connectivity index (χ3v) is 5.89. The molecule has 3 fully saturated rings. The summed E-state index contributed by atoms with van der Waals surface area (Å²) in [4.78, 5) is 2.73. The normalized spacial score (nSPS) is 36.8. The lowest BCUT2D eigenvalue weighted by atomic mass is 9.85. The standard InChI is InChI=1S/C16H19Cl2NO/c1-2-15-16(10-3-6-13(17)14(18)7-10)8-12(9-20-16)19(15)11-4-5-11/h3,6-7,11-12,15H,2,4-5,8-9H2,1H3. The Hall–Kier alpha value is -0.280. The molecule has 3 unspecified atom stereocenters. The van der Waals surface area contributed by atoms with Crippen molar-refractivity contribution in [3.05, 3.63) is 33.8 Å². The predicted molar refractivity (Wildman–Crippen MR) is 81.4 cm³/mol. The first-order valence-corrected chi connectivity index (χ1v) is 8.28. The van der Waals surface area contributed by atoms with Gasteiger partial charge in [0, 0.05) is 18.1 Å². The Balaban J connectivity index is 1.76. The van der Waals surface area contributed by atoms with Crippen LogP contribution in [0.4, 0.5) is 0 Å². The zero-order valence-corrected chi connectivity index (χ0v) is 13.1. The van der Waals surface area contributed by atoms with Crippen LogP contribution in [-0.2, 0) is 10.3 Å². The molecule has 2 bridgehead atoms. The van der Waals surface area contributed by atoms with Crippen molar-refractivity contribution < 1.29 is 4.74 Å². The number of nitrogens with zero attached hydrogens (tertiary/aromatic N) is 1. The molecule has 3 aliphatic rings. The minimum atomic E-state index is -0.170. The maximum absolute atomic E-state index is 6.29. The fourth-order valence-electron chi connectivity index (χ4n) is 4.25. The van der Waals surface area contributed by atoms with Gasteiger partial charge < -0.3 is 4.74 Å². The van der Waals surface area contributed by atoms with Crippen molar-refractivity contribution in [1.29, 1.82) is 0 Å². The van der Waals surface area contributed by atoms with Crippen LogP contribution in [-0.4, -0.2) is 29.6 Å². The third-order valence-electron chi connectivity index (χ3n) is 5.16. The van der Waals surface area contributed by atoms with Crippen LogP contribution in [0.2, 0.25) is 10.0 Å². The largest absolute Gasteiger partial charge is 0.367 e. The van der Waals surface area contributed by atoms with Gasteiger partial charge in [0.1, 0.15) is 5.60 Å². The lowest BCUT2D eigenvalue weighted by Gasteiger charge is -2.41. The van der Waals surface area contributed by atoms with Gasteiger partial charge in [0.05, 0.1) is 16.7 Å². The molecule has 108 valence electrons. The molecule has 1 aromatic carbocycles. The van der Waals surface area contributed by atoms with Gasteiger partial charge in [-0.3, -0.25) is 4.90 Å². The summed E-state index contributed by atoms with van der Waals surface area (Å²) >= 11 is 12.3. The molecule has 0 amide bonds. The van der Waals surface area contributed by atoms with Crippen LogP contribution < -0.4 is 0 Å². The van der Waals surface area contributed by atoms with Gasteiger partial charge in [-0.1, -0.05) is 36.2 Å². The van der Waals surface area contributed by atoms with Crippen molar-refractivity contribution in [1.82, 2.24) is 4.90 Å². The first-order chi connectivity index (χ1) is 9.65. The molecule has 3 atom stereocenters. The fourth-order valence-corrected chi connectivity index (χ4v) is 4.55. The minimum absolute atomic E-state index is 0.170. The highest BCUT2D eigenvalue weighted by Crippen LogP contribution is 2.54. The van der Waals surface area contributed by atoms with Gasteiger partial charge in [0.15, 0.2) is 0 Å². The molecule has 2 aliphatic heterocycles. The Labute approximate surface area is 130 Å². The van der Waals surface area contributed by atoms with E-state index in [1.54, 1.807) is 0 Å². The van der Waals surface area contributed by atoms with Crippen LogP contribution >= 0.6 is 23.2 Å². The zero-order chi connectivity index (χ0) is 13.9. The smallest absolute Gasteiger partial charge is 0.110 e. The quantitative estimate of drug-likeness (QED) is 0.828. The Morgan fingerprint density at radius 3 is 2.70 bits per heavy atom. The van der Waals surface area contributed by atoms with Crippen molar-refractivity contribution >= 4 is 23.2 Å². The molecule has 4 heteroatoms. The van der Waals surface area contributed by atoms with E-state index in [-0.39, 0.29) is 5.60 Å². The Bertz CT molecular complexity index is 545. The molecule has 1 aliphatic carbocycles. The lowest BCUT2D eigenvalue weighted by Crippen LogP contribution is -2.50. The number of hydrogen-bond donors (Lipinski definition) is 0. The second kappa shape index (κ2) is 4.61. The maximum Gasteiger partial charge on any atom is 0.110 e. The van der Waals surface area contributed by atoms with E-state index >= 15 is 0 Å². The Kier molecular flexibility index (Phi) is 3.08. The maximum atomic E-state index is 6.29. The second-order valence-electron chi connectivity index (χ2n) is 6.29. The van der Waals surface area contributed by atoms with Crippen LogP contribution in [0.15, 0.2) is 18.2 Å². The van der Waals surface area contributed by atoms with Gasteiger partial charge in [-0.05, 0) is 43.4 Å². The van der Waals surface area contributed by atoms with Crippen LogP contribution in [0, 0.1) is 0 Å². The number of hydrogen-bond acceptors (Lipinski definition) is 2. The number of ether oxygens (including phenoxy) is 1. The predicted octanol–water partition coefficient (Wildman–Crippen LogP) is 4.23. The average molecular weight is 312 g/mol. The molecule has 1 aromatic rings. The van der Waals surface area contributed by atoms with Gasteiger partial charge in [0.2, 0.25) is 0 Å². The molecule has 2 nitrogen and oxygen atoms in total. The molecule has 0 N–H and O–H groups in total. The molecular weight excluding hydrogens is 293 g/mol. The molecule has 0 radical (unpaired) electrons. The zero-order valence-electron chi connectivity index (χ0n) is 11.6. The van der Waals surface area contributed by atoms with Crippen molar-refractivity contribution in [3.8, 4) is 0 Å². The van der Waals surface area contributed by atoms with Crippen LogP contribution in [0.1, 0.15) is 38.2 Å². The highest BCUT2D eigenvalue weighted by atomic mass is 35.5. The van der Waals surface area contributed by atoms with E-state index in [2.05, 4.69) is 17.9 Å². The van der Waals surface area contributed by atoms with Crippen molar-refractivity contribution in [2.75, 3.05) is 6.61 Å². The van der Waals surface area contributed by atoms with E-state index in [4.69, 9.17) is 27.9 Å². The highest BCUT2D eigenvalue weighted by Gasteiger charge is 2.60. The van der Waals surface area contributed by atoms with Crippen LogP contribution in [0.25, 0.3) is 0 Å². The number of benzene rings is 1. The van der Waals surface area contributed by atoms with Gasteiger partial charge in [-0.25, -0.2) is 0 Å². The van der Waals surface area contributed by atoms with E-state index in [9.17, 15) is 0 Å².